The van der Waals surface area contributed by atoms with E-state index in [1.54, 1.807) is 13.8 Å². The van der Waals surface area contributed by atoms with Gasteiger partial charge in [-0.25, -0.2) is 0 Å². The third-order valence-electron chi connectivity index (χ3n) is 1.62. The maximum absolute atomic E-state index is 12.0. The van der Waals surface area contributed by atoms with Gasteiger partial charge in [-0.3, -0.25) is 4.57 Å². The van der Waals surface area contributed by atoms with Crippen molar-refractivity contribution in [3.8, 4) is 0 Å². The van der Waals surface area contributed by atoms with Crippen molar-refractivity contribution >= 4 is 19.2 Å². The summed E-state index contributed by atoms with van der Waals surface area (Å²) in [5, 5.41) is -1.01. The predicted octanol–water partition coefficient (Wildman–Crippen LogP) is 3.59. The molecule has 0 aliphatic carbocycles. The highest BCUT2D eigenvalue weighted by Gasteiger charge is 2.34. The smallest absolute Gasteiger partial charge is 0.351 e. The summed E-state index contributed by atoms with van der Waals surface area (Å²) in [5.41, 5.74) is 0. The van der Waals surface area contributed by atoms with E-state index in [2.05, 4.69) is 0 Å². The van der Waals surface area contributed by atoms with E-state index in [-0.39, 0.29) is 13.2 Å². The van der Waals surface area contributed by atoms with Crippen LogP contribution in [0.15, 0.2) is 0 Å². The summed E-state index contributed by atoms with van der Waals surface area (Å²) in [6.45, 7) is 6.56. The largest absolute Gasteiger partial charge is 0.374 e. The zero-order valence-corrected chi connectivity index (χ0v) is 11.2. The molecule has 0 radical (unpaired) electrons. The van der Waals surface area contributed by atoms with Crippen LogP contribution in [0.1, 0.15) is 33.6 Å². The van der Waals surface area contributed by atoms with Gasteiger partial charge in [0.15, 0.2) is 0 Å². The van der Waals surface area contributed by atoms with Gasteiger partial charge in [0.2, 0.25) is 5.30 Å². The summed E-state index contributed by atoms with van der Waals surface area (Å²) in [6, 6.07) is 0. The number of rotatable bonds is 9. The SMILES string of the molecule is CCCCOC(Cl)P(=O)(OCC)OCC. The van der Waals surface area contributed by atoms with Gasteiger partial charge in [-0.1, -0.05) is 24.9 Å². The van der Waals surface area contributed by atoms with E-state index >= 15 is 0 Å². The Morgan fingerprint density at radius 1 is 1.20 bits per heavy atom. The molecule has 0 N–H and O–H groups in total. The zero-order chi connectivity index (χ0) is 11.7. The molecule has 0 saturated carbocycles. The highest BCUT2D eigenvalue weighted by atomic mass is 35.5. The normalized spacial score (nSPS) is 14.1. The first-order valence-corrected chi connectivity index (χ1v) is 7.30. The second-order valence-corrected chi connectivity index (χ2v) is 5.66. The van der Waals surface area contributed by atoms with Crippen molar-refractivity contribution in [2.24, 2.45) is 0 Å². The summed E-state index contributed by atoms with van der Waals surface area (Å²) in [4.78, 5) is 0. The van der Waals surface area contributed by atoms with E-state index in [1.807, 2.05) is 6.92 Å². The van der Waals surface area contributed by atoms with Gasteiger partial charge in [0.05, 0.1) is 13.2 Å². The van der Waals surface area contributed by atoms with Crippen LogP contribution in [0.3, 0.4) is 0 Å². The molecule has 0 amide bonds. The fourth-order valence-electron chi connectivity index (χ4n) is 0.931. The quantitative estimate of drug-likeness (QED) is 0.360. The third-order valence-corrected chi connectivity index (χ3v) is 4.35. The Labute approximate surface area is 96.8 Å². The number of hydrogen-bond acceptors (Lipinski definition) is 4. The molecule has 0 aromatic rings. The lowest BCUT2D eigenvalue weighted by atomic mass is 10.4. The van der Waals surface area contributed by atoms with Crippen LogP contribution in [0.4, 0.5) is 0 Å². The van der Waals surface area contributed by atoms with Gasteiger partial charge < -0.3 is 13.8 Å². The molecule has 0 spiro atoms. The molecule has 0 rings (SSSR count). The fourth-order valence-corrected chi connectivity index (χ4v) is 2.67. The Morgan fingerprint density at radius 2 is 1.73 bits per heavy atom. The third kappa shape index (κ3) is 5.88. The fraction of sp³-hybridized carbons (Fsp3) is 1.00. The number of unbranched alkanes of at least 4 members (excludes halogenated alkanes) is 1. The molecule has 15 heavy (non-hydrogen) atoms. The molecule has 0 heterocycles. The Morgan fingerprint density at radius 3 is 2.13 bits per heavy atom. The van der Waals surface area contributed by atoms with Crippen LogP contribution < -0.4 is 0 Å². The number of halogens is 1. The van der Waals surface area contributed by atoms with E-state index in [0.29, 0.717) is 6.61 Å². The van der Waals surface area contributed by atoms with Crippen LogP contribution in [0.2, 0.25) is 0 Å². The first kappa shape index (κ1) is 15.4. The van der Waals surface area contributed by atoms with Crippen molar-refractivity contribution in [2.75, 3.05) is 19.8 Å². The van der Waals surface area contributed by atoms with Gasteiger partial charge >= 0.3 is 7.60 Å². The van der Waals surface area contributed by atoms with Crippen molar-refractivity contribution in [3.63, 3.8) is 0 Å². The standard InChI is InChI=1S/C9H20ClO4P/c1-4-7-8-12-9(10)15(11,13-5-2)14-6-3/h9H,4-8H2,1-3H3. The summed E-state index contributed by atoms with van der Waals surface area (Å²) in [7, 11) is -3.31. The molecule has 0 bridgehead atoms. The highest BCUT2D eigenvalue weighted by Crippen LogP contribution is 2.55. The van der Waals surface area contributed by atoms with Gasteiger partial charge in [0.25, 0.3) is 0 Å². The van der Waals surface area contributed by atoms with Crippen LogP contribution in [0, 0.1) is 0 Å². The molecule has 0 aliphatic heterocycles. The zero-order valence-electron chi connectivity index (χ0n) is 9.57. The minimum atomic E-state index is -3.31. The van der Waals surface area contributed by atoms with E-state index < -0.39 is 12.9 Å². The summed E-state index contributed by atoms with van der Waals surface area (Å²) in [6.07, 6.45) is 1.87. The van der Waals surface area contributed by atoms with Crippen molar-refractivity contribution in [1.82, 2.24) is 0 Å². The lowest BCUT2D eigenvalue weighted by Crippen LogP contribution is -2.12. The van der Waals surface area contributed by atoms with Gasteiger partial charge in [0.1, 0.15) is 0 Å². The maximum Gasteiger partial charge on any atom is 0.374 e. The van der Waals surface area contributed by atoms with Crippen molar-refractivity contribution in [2.45, 2.75) is 38.9 Å². The molecular weight excluding hydrogens is 239 g/mol. The minimum Gasteiger partial charge on any atom is -0.351 e. The molecule has 0 aromatic carbocycles. The summed E-state index contributed by atoms with van der Waals surface area (Å²) >= 11 is 5.85. The summed E-state index contributed by atoms with van der Waals surface area (Å²) in [5.74, 6) is 0. The Bertz CT molecular complexity index is 191. The minimum absolute atomic E-state index is 0.289. The van der Waals surface area contributed by atoms with Crippen LogP contribution >= 0.6 is 19.2 Å². The molecule has 1 unspecified atom stereocenters. The molecular formula is C9H20ClO4P. The number of alkyl halides is 1. The average Bonchev–Trinajstić information content (AvgIpc) is 2.18. The Kier molecular flexibility index (Phi) is 8.77. The molecule has 0 aliphatic rings. The average molecular weight is 259 g/mol. The second kappa shape index (κ2) is 8.54. The van der Waals surface area contributed by atoms with Crippen molar-refractivity contribution < 1.29 is 18.3 Å². The van der Waals surface area contributed by atoms with Gasteiger partial charge in [-0.05, 0) is 20.3 Å². The molecule has 4 nitrogen and oxygen atoms in total. The van der Waals surface area contributed by atoms with Gasteiger partial charge in [-0.2, -0.15) is 0 Å². The highest BCUT2D eigenvalue weighted by molar-refractivity contribution is 7.56. The van der Waals surface area contributed by atoms with Crippen LogP contribution in [0.25, 0.3) is 0 Å². The number of ether oxygens (including phenoxy) is 1. The van der Waals surface area contributed by atoms with E-state index in [4.69, 9.17) is 25.4 Å². The van der Waals surface area contributed by atoms with Crippen LogP contribution in [-0.4, -0.2) is 25.1 Å². The first-order valence-electron chi connectivity index (χ1n) is 5.25. The second-order valence-electron chi connectivity index (χ2n) is 2.89. The van der Waals surface area contributed by atoms with Gasteiger partial charge in [0, 0.05) is 6.61 Å². The van der Waals surface area contributed by atoms with E-state index in [1.165, 1.54) is 0 Å². The van der Waals surface area contributed by atoms with Crippen LogP contribution in [-0.2, 0) is 18.3 Å². The lowest BCUT2D eigenvalue weighted by Gasteiger charge is -2.21. The number of hydrogen-bond donors (Lipinski definition) is 0. The molecule has 0 saturated heterocycles. The van der Waals surface area contributed by atoms with Crippen molar-refractivity contribution in [3.05, 3.63) is 0 Å². The van der Waals surface area contributed by atoms with Crippen LogP contribution in [0.5, 0.6) is 0 Å². The molecule has 1 atom stereocenters. The molecule has 6 heteroatoms. The molecule has 92 valence electrons. The molecule has 0 aromatic heterocycles. The monoisotopic (exact) mass is 258 g/mol. The first-order chi connectivity index (χ1) is 7.10. The summed E-state index contributed by atoms with van der Waals surface area (Å²) < 4.78 is 27.3. The van der Waals surface area contributed by atoms with E-state index in [0.717, 1.165) is 12.8 Å². The van der Waals surface area contributed by atoms with Crippen molar-refractivity contribution in [1.29, 1.82) is 0 Å². The Hall–Kier alpha value is 0.400. The topological polar surface area (TPSA) is 44.8 Å². The maximum atomic E-state index is 12.0. The van der Waals surface area contributed by atoms with Gasteiger partial charge in [-0.15, -0.1) is 0 Å². The molecule has 0 fully saturated rings. The van der Waals surface area contributed by atoms with E-state index in [9.17, 15) is 4.57 Å². The predicted molar refractivity (Wildman–Crippen MR) is 61.4 cm³/mol. The lowest BCUT2D eigenvalue weighted by molar-refractivity contribution is 0.109. The Balaban J connectivity index is 4.15.